The number of nitrogens with one attached hydrogen (secondary N) is 2. The van der Waals surface area contributed by atoms with Gasteiger partial charge in [-0.25, -0.2) is 8.42 Å². The Labute approximate surface area is 154 Å². The first kappa shape index (κ1) is 17.2. The van der Waals surface area contributed by atoms with E-state index in [-0.39, 0.29) is 5.41 Å². The summed E-state index contributed by atoms with van der Waals surface area (Å²) in [6.45, 7) is 4.47. The van der Waals surface area contributed by atoms with Crippen molar-refractivity contribution in [2.24, 2.45) is 5.92 Å². The highest BCUT2D eigenvalue weighted by Gasteiger charge is 2.46. The molecule has 0 aliphatic heterocycles. The van der Waals surface area contributed by atoms with Crippen LogP contribution in [0, 0.1) is 12.8 Å². The number of aromatic nitrogens is 1. The Morgan fingerprint density at radius 3 is 2.46 bits per heavy atom. The molecule has 26 heavy (non-hydrogen) atoms. The topological polar surface area (TPSA) is 62.0 Å². The molecule has 0 amide bonds. The van der Waals surface area contributed by atoms with E-state index in [1.54, 1.807) is 6.07 Å². The minimum absolute atomic E-state index is 0.00722. The lowest BCUT2D eigenvalue weighted by molar-refractivity contribution is 0.201. The molecule has 1 aliphatic rings. The number of benzene rings is 2. The van der Waals surface area contributed by atoms with Crippen LogP contribution in [0.3, 0.4) is 0 Å². The van der Waals surface area contributed by atoms with Crippen molar-refractivity contribution in [1.82, 2.24) is 4.98 Å². The number of rotatable bonds is 4. The first-order valence-electron chi connectivity index (χ1n) is 8.95. The quantitative estimate of drug-likeness (QED) is 0.709. The normalized spacial score (nSPS) is 23.0. The van der Waals surface area contributed by atoms with Gasteiger partial charge >= 0.3 is 0 Å². The maximum absolute atomic E-state index is 11.7. The van der Waals surface area contributed by atoms with Gasteiger partial charge in [0.2, 0.25) is 10.0 Å². The first-order valence-corrected chi connectivity index (χ1v) is 10.8. The number of aromatic amines is 1. The molecule has 0 spiro atoms. The zero-order valence-electron chi connectivity index (χ0n) is 15.3. The number of H-pyrrole nitrogens is 1. The molecule has 1 heterocycles. The Balaban J connectivity index is 1.90. The van der Waals surface area contributed by atoms with Crippen molar-refractivity contribution in [3.63, 3.8) is 0 Å². The highest BCUT2D eigenvalue weighted by Crippen LogP contribution is 2.54. The Morgan fingerprint density at radius 1 is 1.08 bits per heavy atom. The predicted molar refractivity (Wildman–Crippen MR) is 107 cm³/mol. The van der Waals surface area contributed by atoms with Gasteiger partial charge in [-0.05, 0) is 48.4 Å². The molecule has 0 radical (unpaired) electrons. The molecule has 0 atom stereocenters. The minimum atomic E-state index is -3.32. The number of fused-ring (bicyclic) bond motifs is 1. The maximum atomic E-state index is 11.7. The van der Waals surface area contributed by atoms with E-state index in [2.05, 4.69) is 60.1 Å². The van der Waals surface area contributed by atoms with Crippen LogP contribution in [-0.4, -0.2) is 19.7 Å². The second kappa shape index (κ2) is 5.88. The third kappa shape index (κ3) is 2.71. The van der Waals surface area contributed by atoms with Gasteiger partial charge in [0.25, 0.3) is 0 Å². The molecule has 5 heteroatoms. The standard InChI is InChI=1S/C21H24N2O2S/c1-14-11-21(12-14,17-9-5-4-7-15(17)2)18-13-22-20-16(18)8-6-10-19(20)23-26(3,24)25/h4-10,13-14,22-23H,11-12H2,1-3H3. The Bertz CT molecular complexity index is 1080. The van der Waals surface area contributed by atoms with Crippen molar-refractivity contribution in [3.05, 3.63) is 65.4 Å². The fourth-order valence-corrected chi connectivity index (χ4v) is 5.23. The van der Waals surface area contributed by atoms with Gasteiger partial charge in [-0.3, -0.25) is 4.72 Å². The molecule has 3 aromatic rings. The maximum Gasteiger partial charge on any atom is 0.229 e. The first-order chi connectivity index (χ1) is 12.3. The highest BCUT2D eigenvalue weighted by molar-refractivity contribution is 7.92. The third-order valence-corrected chi connectivity index (χ3v) is 6.17. The number of hydrogen-bond acceptors (Lipinski definition) is 2. The molecule has 1 aromatic heterocycles. The molecule has 1 fully saturated rings. The second-order valence-electron chi connectivity index (χ2n) is 7.72. The van der Waals surface area contributed by atoms with E-state index in [1.807, 2.05) is 6.07 Å². The zero-order chi connectivity index (χ0) is 18.5. The molecule has 0 bridgehead atoms. The fourth-order valence-electron chi connectivity index (χ4n) is 4.66. The molecule has 4 nitrogen and oxygen atoms in total. The van der Waals surface area contributed by atoms with Crippen LogP contribution in [0.25, 0.3) is 10.9 Å². The summed E-state index contributed by atoms with van der Waals surface area (Å²) in [7, 11) is -3.32. The van der Waals surface area contributed by atoms with E-state index in [0.717, 1.165) is 23.7 Å². The van der Waals surface area contributed by atoms with Crippen LogP contribution in [0.2, 0.25) is 0 Å². The van der Waals surface area contributed by atoms with Crippen molar-refractivity contribution in [2.75, 3.05) is 11.0 Å². The summed E-state index contributed by atoms with van der Waals surface area (Å²) in [5, 5.41) is 1.09. The van der Waals surface area contributed by atoms with Gasteiger partial charge in [0.05, 0.1) is 17.5 Å². The van der Waals surface area contributed by atoms with Gasteiger partial charge in [0, 0.05) is 17.0 Å². The van der Waals surface area contributed by atoms with Crippen molar-refractivity contribution in [3.8, 4) is 0 Å². The van der Waals surface area contributed by atoms with Gasteiger partial charge < -0.3 is 4.98 Å². The average Bonchev–Trinajstić information content (AvgIpc) is 2.96. The second-order valence-corrected chi connectivity index (χ2v) is 9.46. The van der Waals surface area contributed by atoms with Gasteiger partial charge in [-0.15, -0.1) is 0 Å². The van der Waals surface area contributed by atoms with Crippen molar-refractivity contribution in [2.45, 2.75) is 32.1 Å². The molecular weight excluding hydrogens is 344 g/mol. The van der Waals surface area contributed by atoms with E-state index in [0.29, 0.717) is 11.6 Å². The highest BCUT2D eigenvalue weighted by atomic mass is 32.2. The summed E-state index contributed by atoms with van der Waals surface area (Å²) in [5.41, 5.74) is 5.38. The van der Waals surface area contributed by atoms with Gasteiger partial charge in [-0.1, -0.05) is 43.3 Å². The largest absolute Gasteiger partial charge is 0.359 e. The summed E-state index contributed by atoms with van der Waals surface area (Å²) in [6, 6.07) is 14.4. The Kier molecular flexibility index (Phi) is 3.88. The summed E-state index contributed by atoms with van der Waals surface area (Å²) in [4.78, 5) is 3.33. The number of aryl methyl sites for hydroxylation is 1. The van der Waals surface area contributed by atoms with Gasteiger partial charge in [-0.2, -0.15) is 0 Å². The number of para-hydroxylation sites is 1. The van der Waals surface area contributed by atoms with Crippen LogP contribution in [0.1, 0.15) is 36.5 Å². The van der Waals surface area contributed by atoms with Crippen LogP contribution < -0.4 is 4.72 Å². The zero-order valence-corrected chi connectivity index (χ0v) is 16.2. The molecule has 0 unspecified atom stereocenters. The third-order valence-electron chi connectivity index (χ3n) is 5.58. The van der Waals surface area contributed by atoms with Crippen molar-refractivity contribution >= 4 is 26.6 Å². The predicted octanol–water partition coefficient (Wildman–Crippen LogP) is 4.56. The summed E-state index contributed by atoms with van der Waals surface area (Å²) < 4.78 is 26.0. The lowest BCUT2D eigenvalue weighted by Gasteiger charge is -2.48. The molecule has 0 saturated heterocycles. The summed E-state index contributed by atoms with van der Waals surface area (Å²) in [5.74, 6) is 0.678. The van der Waals surface area contributed by atoms with Gasteiger partial charge in [0.15, 0.2) is 0 Å². The molecule has 2 N–H and O–H groups in total. The number of anilines is 1. The van der Waals surface area contributed by atoms with E-state index < -0.39 is 10.0 Å². The lowest BCUT2D eigenvalue weighted by Crippen LogP contribution is -2.41. The summed E-state index contributed by atoms with van der Waals surface area (Å²) in [6.07, 6.45) is 5.46. The van der Waals surface area contributed by atoms with Crippen LogP contribution >= 0.6 is 0 Å². The average molecular weight is 369 g/mol. The molecule has 2 aromatic carbocycles. The number of sulfonamides is 1. The molecule has 136 valence electrons. The number of hydrogen-bond donors (Lipinski definition) is 2. The lowest BCUT2D eigenvalue weighted by atomic mass is 9.55. The molecule has 1 aliphatic carbocycles. The molecule has 1 saturated carbocycles. The smallest absolute Gasteiger partial charge is 0.229 e. The van der Waals surface area contributed by atoms with Crippen LogP contribution in [0.4, 0.5) is 5.69 Å². The van der Waals surface area contributed by atoms with Crippen LogP contribution in [0.5, 0.6) is 0 Å². The molecular formula is C21H24N2O2S. The van der Waals surface area contributed by atoms with Crippen LogP contribution in [0.15, 0.2) is 48.7 Å². The fraction of sp³-hybridized carbons (Fsp3) is 0.333. The van der Waals surface area contributed by atoms with Crippen molar-refractivity contribution in [1.29, 1.82) is 0 Å². The Hall–Kier alpha value is -2.27. The Morgan fingerprint density at radius 2 is 1.81 bits per heavy atom. The summed E-state index contributed by atoms with van der Waals surface area (Å²) >= 11 is 0. The SMILES string of the molecule is Cc1ccccc1C1(c2c[nH]c3c(NS(C)(=O)=O)cccc23)CC(C)C1. The van der Waals surface area contributed by atoms with E-state index in [4.69, 9.17) is 0 Å². The van der Waals surface area contributed by atoms with E-state index >= 15 is 0 Å². The monoisotopic (exact) mass is 368 g/mol. The minimum Gasteiger partial charge on any atom is -0.359 e. The van der Waals surface area contributed by atoms with E-state index in [1.165, 1.54) is 22.9 Å². The van der Waals surface area contributed by atoms with Crippen molar-refractivity contribution < 1.29 is 8.42 Å². The van der Waals surface area contributed by atoms with Gasteiger partial charge in [0.1, 0.15) is 0 Å². The van der Waals surface area contributed by atoms with Crippen LogP contribution in [-0.2, 0) is 15.4 Å². The molecule has 4 rings (SSSR count). The van der Waals surface area contributed by atoms with E-state index in [9.17, 15) is 8.42 Å².